The molecule has 2 atom stereocenters. The number of hydrogen-bond acceptors (Lipinski definition) is 5. The van der Waals surface area contributed by atoms with Crippen LogP contribution in [0.3, 0.4) is 0 Å². The lowest BCUT2D eigenvalue weighted by molar-refractivity contribution is 0.133. The summed E-state index contributed by atoms with van der Waals surface area (Å²) in [7, 11) is 1.70. The number of methoxy groups -OCH3 is 1. The Bertz CT molecular complexity index is 891. The first-order valence-corrected chi connectivity index (χ1v) is 10.6. The van der Waals surface area contributed by atoms with Crippen molar-refractivity contribution in [2.45, 2.75) is 31.5 Å². The molecule has 146 valence electrons. The molecule has 5 nitrogen and oxygen atoms in total. The van der Waals surface area contributed by atoms with Crippen LogP contribution in [0.5, 0.6) is 11.5 Å². The maximum absolute atomic E-state index is 6.03. The molecule has 4 aliphatic heterocycles. The quantitative estimate of drug-likeness (QED) is 0.757. The number of hydrogen-bond donors (Lipinski definition) is 1. The van der Waals surface area contributed by atoms with Gasteiger partial charge in [-0.05, 0) is 61.3 Å². The van der Waals surface area contributed by atoms with E-state index in [0.717, 1.165) is 21.5 Å². The molecule has 0 spiro atoms. The molecule has 2 aromatic carbocycles. The minimum atomic E-state index is 0.188. The van der Waals surface area contributed by atoms with E-state index in [1.54, 1.807) is 7.11 Å². The Morgan fingerprint density at radius 3 is 2.64 bits per heavy atom. The summed E-state index contributed by atoms with van der Waals surface area (Å²) in [5.41, 5.74) is 7.06. The van der Waals surface area contributed by atoms with Crippen LogP contribution < -0.4 is 14.9 Å². The summed E-state index contributed by atoms with van der Waals surface area (Å²) < 4.78 is 12.7. The van der Waals surface area contributed by atoms with Crippen LogP contribution in [0.25, 0.3) is 0 Å². The van der Waals surface area contributed by atoms with Crippen LogP contribution in [0.4, 0.5) is 0 Å². The Balaban J connectivity index is 1.34. The van der Waals surface area contributed by atoms with Crippen molar-refractivity contribution in [1.29, 1.82) is 0 Å². The van der Waals surface area contributed by atoms with Crippen molar-refractivity contribution in [3.05, 3.63) is 58.1 Å². The summed E-state index contributed by atoms with van der Waals surface area (Å²) >= 11 is 3.46. The number of rotatable bonds is 5. The zero-order chi connectivity index (χ0) is 19.1. The average Bonchev–Trinajstić information content (AvgIpc) is 3.22. The summed E-state index contributed by atoms with van der Waals surface area (Å²) in [6, 6.07) is 15.0. The predicted molar refractivity (Wildman–Crippen MR) is 113 cm³/mol. The summed E-state index contributed by atoms with van der Waals surface area (Å²) in [4.78, 5) is 2.58. The molecule has 6 heteroatoms. The molecule has 2 bridgehead atoms. The summed E-state index contributed by atoms with van der Waals surface area (Å²) in [5, 5.41) is 4.71. The number of hydrazone groups is 1. The van der Waals surface area contributed by atoms with Gasteiger partial charge in [-0.25, -0.2) is 0 Å². The fourth-order valence-electron chi connectivity index (χ4n) is 4.65. The molecule has 0 saturated carbocycles. The number of piperidine rings is 3. The van der Waals surface area contributed by atoms with Gasteiger partial charge in [-0.2, -0.15) is 5.10 Å². The second kappa shape index (κ2) is 7.41. The SMILES string of the molecule is COc1cc(C2NN=C3C4CCN(CC4)C32)ccc1OCc1ccc(Br)cc1. The first-order valence-electron chi connectivity index (χ1n) is 9.85. The number of fused-ring (bicyclic) bond motifs is 2. The van der Waals surface area contributed by atoms with Gasteiger partial charge < -0.3 is 14.9 Å². The normalized spacial score (nSPS) is 27.7. The third-order valence-corrected chi connectivity index (χ3v) is 6.68. The standard InChI is InChI=1S/C22H24BrN3O2/c1-27-19-12-16(4-7-18(19)28-13-14-2-5-17(23)6-3-14)21-22-20(24-25-21)15-8-10-26(22)11-9-15/h2-7,12,15,21-22,25H,8-11,13H2,1H3. The van der Waals surface area contributed by atoms with Crippen LogP contribution >= 0.6 is 15.9 Å². The zero-order valence-electron chi connectivity index (χ0n) is 15.9. The monoisotopic (exact) mass is 441 g/mol. The van der Waals surface area contributed by atoms with Crippen LogP contribution in [0.1, 0.15) is 30.0 Å². The molecule has 0 aliphatic carbocycles. The van der Waals surface area contributed by atoms with Gasteiger partial charge in [0.05, 0.1) is 24.9 Å². The molecule has 3 saturated heterocycles. The van der Waals surface area contributed by atoms with Crippen LogP contribution in [0.15, 0.2) is 52.0 Å². The number of nitrogens with one attached hydrogen (secondary N) is 1. The van der Waals surface area contributed by atoms with Crippen molar-refractivity contribution in [2.24, 2.45) is 11.0 Å². The molecule has 2 unspecified atom stereocenters. The molecule has 2 aromatic rings. The van der Waals surface area contributed by atoms with Crippen molar-refractivity contribution in [3.63, 3.8) is 0 Å². The van der Waals surface area contributed by atoms with Crippen molar-refractivity contribution < 1.29 is 9.47 Å². The van der Waals surface area contributed by atoms with E-state index in [-0.39, 0.29) is 6.04 Å². The maximum Gasteiger partial charge on any atom is 0.161 e. The van der Waals surface area contributed by atoms with Gasteiger partial charge in [0.1, 0.15) is 6.61 Å². The topological polar surface area (TPSA) is 46.1 Å². The van der Waals surface area contributed by atoms with Gasteiger partial charge in [0.25, 0.3) is 0 Å². The van der Waals surface area contributed by atoms with Crippen molar-refractivity contribution in [2.75, 3.05) is 20.2 Å². The number of nitrogens with zero attached hydrogens (tertiary/aromatic N) is 2. The van der Waals surface area contributed by atoms with Gasteiger partial charge in [0.15, 0.2) is 11.5 Å². The lowest BCUT2D eigenvalue weighted by Gasteiger charge is -2.45. The lowest BCUT2D eigenvalue weighted by Crippen LogP contribution is -2.56. The van der Waals surface area contributed by atoms with Crippen LogP contribution in [-0.2, 0) is 6.61 Å². The van der Waals surface area contributed by atoms with Gasteiger partial charge >= 0.3 is 0 Å². The second-order valence-corrected chi connectivity index (χ2v) is 8.64. The summed E-state index contributed by atoms with van der Waals surface area (Å²) in [5.74, 6) is 2.18. The van der Waals surface area contributed by atoms with E-state index >= 15 is 0 Å². The molecule has 0 amide bonds. The van der Waals surface area contributed by atoms with E-state index in [0.29, 0.717) is 18.6 Å². The second-order valence-electron chi connectivity index (χ2n) is 7.72. The highest BCUT2D eigenvalue weighted by Gasteiger charge is 2.46. The highest BCUT2D eigenvalue weighted by molar-refractivity contribution is 9.10. The largest absolute Gasteiger partial charge is 0.493 e. The Morgan fingerprint density at radius 1 is 1.11 bits per heavy atom. The van der Waals surface area contributed by atoms with E-state index in [4.69, 9.17) is 14.6 Å². The molecule has 3 fully saturated rings. The predicted octanol–water partition coefficient (Wildman–Crippen LogP) is 4.13. The lowest BCUT2D eigenvalue weighted by atomic mass is 9.78. The molecule has 0 aromatic heterocycles. The van der Waals surface area contributed by atoms with Gasteiger partial charge in [-0.15, -0.1) is 0 Å². The highest BCUT2D eigenvalue weighted by atomic mass is 79.9. The third-order valence-electron chi connectivity index (χ3n) is 6.15. The minimum absolute atomic E-state index is 0.188. The van der Waals surface area contributed by atoms with E-state index in [9.17, 15) is 0 Å². The van der Waals surface area contributed by atoms with Crippen molar-refractivity contribution in [1.82, 2.24) is 10.3 Å². The van der Waals surface area contributed by atoms with E-state index in [2.05, 4.69) is 50.5 Å². The zero-order valence-corrected chi connectivity index (χ0v) is 17.5. The number of ether oxygens (including phenoxy) is 2. The van der Waals surface area contributed by atoms with E-state index in [1.807, 2.05) is 18.2 Å². The molecule has 6 rings (SSSR count). The minimum Gasteiger partial charge on any atom is -0.493 e. The molecular weight excluding hydrogens is 418 g/mol. The Labute approximate surface area is 173 Å². The summed E-state index contributed by atoms with van der Waals surface area (Å²) in [6.07, 6.45) is 2.49. The van der Waals surface area contributed by atoms with Crippen LogP contribution in [-0.4, -0.2) is 36.9 Å². The fraction of sp³-hybridized carbons (Fsp3) is 0.409. The van der Waals surface area contributed by atoms with E-state index in [1.165, 1.54) is 37.2 Å². The highest BCUT2D eigenvalue weighted by Crippen LogP contribution is 2.40. The molecule has 4 heterocycles. The average molecular weight is 442 g/mol. The molecule has 1 N–H and O–H groups in total. The number of halogens is 1. The van der Waals surface area contributed by atoms with Gasteiger partial charge in [0.2, 0.25) is 0 Å². The van der Waals surface area contributed by atoms with Gasteiger partial charge in [-0.3, -0.25) is 4.90 Å². The Hall–Kier alpha value is -2.05. The summed E-state index contributed by atoms with van der Waals surface area (Å²) in [6.45, 7) is 2.87. The molecule has 4 aliphatic rings. The van der Waals surface area contributed by atoms with Crippen LogP contribution in [0.2, 0.25) is 0 Å². The molecule has 0 radical (unpaired) electrons. The van der Waals surface area contributed by atoms with Crippen LogP contribution in [0, 0.1) is 5.92 Å². The Morgan fingerprint density at radius 2 is 1.89 bits per heavy atom. The first kappa shape index (κ1) is 18.0. The molecule has 28 heavy (non-hydrogen) atoms. The third kappa shape index (κ3) is 3.18. The number of benzene rings is 2. The smallest absolute Gasteiger partial charge is 0.161 e. The van der Waals surface area contributed by atoms with Gasteiger partial charge in [-0.1, -0.05) is 34.1 Å². The van der Waals surface area contributed by atoms with Gasteiger partial charge in [0, 0.05) is 10.4 Å². The maximum atomic E-state index is 6.03. The molecular formula is C22H24BrN3O2. The Kier molecular flexibility index (Phi) is 4.77. The van der Waals surface area contributed by atoms with Crippen molar-refractivity contribution >= 4 is 21.6 Å². The first-order chi connectivity index (χ1) is 13.7. The fourth-order valence-corrected chi connectivity index (χ4v) is 4.92. The van der Waals surface area contributed by atoms with Crippen molar-refractivity contribution in [3.8, 4) is 11.5 Å². The van der Waals surface area contributed by atoms with E-state index < -0.39 is 0 Å².